The molecule has 1 N–H and O–H groups in total. The number of hydrogen-bond donors (Lipinski definition) is 1. The van der Waals surface area contributed by atoms with Crippen molar-refractivity contribution in [2.75, 3.05) is 5.32 Å². The minimum atomic E-state index is 0.147. The zero-order valence-electron chi connectivity index (χ0n) is 8.98. The first kappa shape index (κ1) is 11.3. The summed E-state index contributed by atoms with van der Waals surface area (Å²) >= 11 is 5.72. The lowest BCUT2D eigenvalue weighted by Gasteiger charge is -2.05. The molecule has 0 radical (unpaired) electrons. The maximum Gasteiger partial charge on any atom is 0.231 e. The van der Waals surface area contributed by atoms with Crippen LogP contribution in [0.3, 0.4) is 0 Å². The van der Waals surface area contributed by atoms with Gasteiger partial charge in [0.25, 0.3) is 0 Å². The van der Waals surface area contributed by atoms with Crippen molar-refractivity contribution >= 4 is 23.2 Å². The predicted molar refractivity (Wildman–Crippen MR) is 64.0 cm³/mol. The van der Waals surface area contributed by atoms with Gasteiger partial charge in [0.15, 0.2) is 0 Å². The van der Waals surface area contributed by atoms with E-state index < -0.39 is 0 Å². The second kappa shape index (κ2) is 4.76. The molecule has 1 aromatic heterocycles. The van der Waals surface area contributed by atoms with Crippen molar-refractivity contribution in [3.63, 3.8) is 0 Å². The molecule has 0 saturated heterocycles. The summed E-state index contributed by atoms with van der Waals surface area (Å²) in [6.45, 7) is 1.73. The summed E-state index contributed by atoms with van der Waals surface area (Å²) in [6.07, 6.45) is 0. The van der Waals surface area contributed by atoms with Crippen LogP contribution in [0.1, 0.15) is 11.4 Å². The molecule has 0 aliphatic carbocycles. The Bertz CT molecular complexity index is 553. The summed E-state index contributed by atoms with van der Waals surface area (Å²) in [6, 6.07) is 9.00. The molecule has 0 spiro atoms. The van der Waals surface area contributed by atoms with Crippen LogP contribution < -0.4 is 5.32 Å². The van der Waals surface area contributed by atoms with Crippen LogP contribution in [0, 0.1) is 18.3 Å². The Morgan fingerprint density at radius 3 is 2.47 bits per heavy atom. The molecule has 6 heteroatoms. The summed E-state index contributed by atoms with van der Waals surface area (Å²) in [5.74, 6) is 0.924. The number of aromatic nitrogens is 3. The standard InChI is InChI=1S/C11H8ClN5/c1-7-14-10(12)17-11(15-7)16-9-4-2-8(6-13)3-5-9/h2-5H,1H3,(H,14,15,16,17). The molecule has 0 aliphatic rings. The van der Waals surface area contributed by atoms with E-state index in [1.165, 1.54) is 0 Å². The van der Waals surface area contributed by atoms with Crippen molar-refractivity contribution < 1.29 is 0 Å². The van der Waals surface area contributed by atoms with E-state index in [-0.39, 0.29) is 5.28 Å². The van der Waals surface area contributed by atoms with Crippen LogP contribution in [-0.4, -0.2) is 15.0 Å². The second-order valence-corrected chi connectivity index (χ2v) is 3.63. The molecule has 17 heavy (non-hydrogen) atoms. The van der Waals surface area contributed by atoms with E-state index in [0.717, 1.165) is 5.69 Å². The molecule has 5 nitrogen and oxygen atoms in total. The molecule has 0 unspecified atom stereocenters. The third-order valence-electron chi connectivity index (χ3n) is 1.99. The van der Waals surface area contributed by atoms with E-state index in [1.807, 2.05) is 6.07 Å². The smallest absolute Gasteiger partial charge is 0.231 e. The SMILES string of the molecule is Cc1nc(Cl)nc(Nc2ccc(C#N)cc2)n1. The quantitative estimate of drug-likeness (QED) is 0.880. The average molecular weight is 246 g/mol. The monoisotopic (exact) mass is 245 g/mol. The van der Waals surface area contributed by atoms with Crippen LogP contribution in [0.5, 0.6) is 0 Å². The molecule has 1 heterocycles. The van der Waals surface area contributed by atoms with Crippen LogP contribution in [0.15, 0.2) is 24.3 Å². The number of nitrogens with zero attached hydrogens (tertiary/aromatic N) is 4. The van der Waals surface area contributed by atoms with E-state index in [9.17, 15) is 0 Å². The van der Waals surface area contributed by atoms with Crippen molar-refractivity contribution in [1.29, 1.82) is 5.26 Å². The van der Waals surface area contributed by atoms with Gasteiger partial charge in [-0.05, 0) is 42.8 Å². The van der Waals surface area contributed by atoms with E-state index in [1.54, 1.807) is 31.2 Å². The average Bonchev–Trinajstić information content (AvgIpc) is 2.28. The zero-order valence-corrected chi connectivity index (χ0v) is 9.73. The third-order valence-corrected chi connectivity index (χ3v) is 2.16. The van der Waals surface area contributed by atoms with Crippen LogP contribution in [-0.2, 0) is 0 Å². The Morgan fingerprint density at radius 1 is 1.18 bits per heavy atom. The van der Waals surface area contributed by atoms with Gasteiger partial charge in [-0.25, -0.2) is 4.98 Å². The highest BCUT2D eigenvalue weighted by Crippen LogP contribution is 2.14. The largest absolute Gasteiger partial charge is 0.324 e. The summed E-state index contributed by atoms with van der Waals surface area (Å²) in [5, 5.41) is 11.8. The normalized spacial score (nSPS) is 9.71. The van der Waals surface area contributed by atoms with Gasteiger partial charge in [-0.1, -0.05) is 0 Å². The molecule has 2 rings (SSSR count). The van der Waals surface area contributed by atoms with Gasteiger partial charge >= 0.3 is 0 Å². The Hall–Kier alpha value is -2.19. The molecule has 0 amide bonds. The minimum absolute atomic E-state index is 0.147. The maximum atomic E-state index is 8.67. The highest BCUT2D eigenvalue weighted by atomic mass is 35.5. The highest BCUT2D eigenvalue weighted by Gasteiger charge is 2.02. The lowest BCUT2D eigenvalue weighted by atomic mass is 10.2. The lowest BCUT2D eigenvalue weighted by molar-refractivity contribution is 0.982. The second-order valence-electron chi connectivity index (χ2n) is 3.29. The third kappa shape index (κ3) is 2.89. The minimum Gasteiger partial charge on any atom is -0.324 e. The van der Waals surface area contributed by atoms with Crippen LogP contribution >= 0.6 is 11.6 Å². The lowest BCUT2D eigenvalue weighted by Crippen LogP contribution is -2.00. The van der Waals surface area contributed by atoms with Crippen LogP contribution in [0.2, 0.25) is 5.28 Å². The van der Waals surface area contributed by atoms with Crippen LogP contribution in [0.4, 0.5) is 11.6 Å². The van der Waals surface area contributed by atoms with Crippen LogP contribution in [0.25, 0.3) is 0 Å². The molecule has 0 saturated carbocycles. The van der Waals surface area contributed by atoms with Gasteiger partial charge in [0.05, 0.1) is 11.6 Å². The molecule has 0 bridgehead atoms. The fourth-order valence-corrected chi connectivity index (χ4v) is 1.46. The fraction of sp³-hybridized carbons (Fsp3) is 0.0909. The number of benzene rings is 1. The van der Waals surface area contributed by atoms with Crippen molar-refractivity contribution in [1.82, 2.24) is 15.0 Å². The molecular weight excluding hydrogens is 238 g/mol. The Balaban J connectivity index is 2.22. The van der Waals surface area contributed by atoms with E-state index >= 15 is 0 Å². The zero-order chi connectivity index (χ0) is 12.3. The maximum absolute atomic E-state index is 8.67. The van der Waals surface area contributed by atoms with Gasteiger partial charge in [-0.3, -0.25) is 0 Å². The first-order valence-corrected chi connectivity index (χ1v) is 5.20. The Labute approximate surface area is 103 Å². The fourth-order valence-electron chi connectivity index (χ4n) is 1.26. The molecular formula is C11H8ClN5. The molecule has 0 atom stereocenters. The molecule has 0 aliphatic heterocycles. The number of anilines is 2. The Morgan fingerprint density at radius 2 is 1.88 bits per heavy atom. The predicted octanol–water partition coefficient (Wildman–Crippen LogP) is 2.45. The van der Waals surface area contributed by atoms with Crippen molar-refractivity contribution in [3.05, 3.63) is 40.9 Å². The van der Waals surface area contributed by atoms with Gasteiger partial charge in [0.2, 0.25) is 11.2 Å². The van der Waals surface area contributed by atoms with Crippen molar-refractivity contribution in [2.24, 2.45) is 0 Å². The molecule has 84 valence electrons. The van der Waals surface area contributed by atoms with Gasteiger partial charge in [0.1, 0.15) is 5.82 Å². The summed E-state index contributed by atoms with van der Waals surface area (Å²) < 4.78 is 0. The van der Waals surface area contributed by atoms with Gasteiger partial charge in [-0.15, -0.1) is 0 Å². The highest BCUT2D eigenvalue weighted by molar-refractivity contribution is 6.28. The van der Waals surface area contributed by atoms with Gasteiger partial charge in [-0.2, -0.15) is 15.2 Å². The van der Waals surface area contributed by atoms with Gasteiger partial charge in [0, 0.05) is 5.69 Å². The Kier molecular flexibility index (Phi) is 3.17. The number of aryl methyl sites for hydroxylation is 1. The van der Waals surface area contributed by atoms with Crippen molar-refractivity contribution in [2.45, 2.75) is 6.92 Å². The van der Waals surface area contributed by atoms with E-state index in [0.29, 0.717) is 17.3 Å². The summed E-state index contributed by atoms with van der Waals surface area (Å²) in [4.78, 5) is 11.9. The topological polar surface area (TPSA) is 74.5 Å². The molecule has 2 aromatic rings. The first-order chi connectivity index (χ1) is 8.17. The number of nitrogens with one attached hydrogen (secondary N) is 1. The first-order valence-electron chi connectivity index (χ1n) is 4.83. The molecule has 0 fully saturated rings. The van der Waals surface area contributed by atoms with E-state index in [4.69, 9.17) is 16.9 Å². The number of halogens is 1. The number of nitriles is 1. The number of rotatable bonds is 2. The summed E-state index contributed by atoms with van der Waals surface area (Å²) in [7, 11) is 0. The number of hydrogen-bond acceptors (Lipinski definition) is 5. The summed E-state index contributed by atoms with van der Waals surface area (Å²) in [5.41, 5.74) is 1.38. The van der Waals surface area contributed by atoms with E-state index in [2.05, 4.69) is 20.3 Å². The van der Waals surface area contributed by atoms with Crippen molar-refractivity contribution in [3.8, 4) is 6.07 Å². The van der Waals surface area contributed by atoms with Gasteiger partial charge < -0.3 is 5.32 Å². The molecule has 1 aromatic carbocycles.